The molecular formula is C14H12N4O3S. The van der Waals surface area contributed by atoms with E-state index in [2.05, 4.69) is 21.6 Å². The van der Waals surface area contributed by atoms with Crippen LogP contribution in [0.1, 0.15) is 22.9 Å². The number of hydrazone groups is 1. The lowest BCUT2D eigenvalue weighted by atomic mass is 10.0. The third kappa shape index (κ3) is 1.68. The van der Waals surface area contributed by atoms with Gasteiger partial charge in [0.1, 0.15) is 0 Å². The summed E-state index contributed by atoms with van der Waals surface area (Å²) in [5.41, 5.74) is 8.78. The minimum absolute atomic E-state index is 0. The van der Waals surface area contributed by atoms with Crippen LogP contribution in [0.25, 0.3) is 0 Å². The number of carbonyl (C=O) groups is 1. The highest BCUT2D eigenvalue weighted by atomic mass is 32.2. The van der Waals surface area contributed by atoms with Crippen molar-refractivity contribution in [3.8, 4) is 0 Å². The van der Waals surface area contributed by atoms with Crippen LogP contribution in [0, 0.1) is 0 Å². The lowest BCUT2D eigenvalue weighted by Gasteiger charge is -2.19. The van der Waals surface area contributed by atoms with Crippen LogP contribution in [0.4, 0.5) is 0 Å². The summed E-state index contributed by atoms with van der Waals surface area (Å²) in [7, 11) is -3.73. The zero-order valence-corrected chi connectivity index (χ0v) is 11.9. The number of sulfone groups is 1. The van der Waals surface area contributed by atoms with Crippen LogP contribution in [0.3, 0.4) is 0 Å². The van der Waals surface area contributed by atoms with Crippen molar-refractivity contribution in [1.82, 2.24) is 16.5 Å². The van der Waals surface area contributed by atoms with E-state index in [0.717, 1.165) is 0 Å². The fraction of sp³-hybridized carbons (Fsp3) is 0. The lowest BCUT2D eigenvalue weighted by Crippen LogP contribution is -2.35. The minimum Gasteiger partial charge on any atom is -0.289 e. The molecule has 0 atom stereocenters. The Bertz CT molecular complexity index is 956. The molecule has 0 saturated heterocycles. The molecule has 112 valence electrons. The smallest absolute Gasteiger partial charge is 0.208 e. The summed E-state index contributed by atoms with van der Waals surface area (Å²) in [5, 5.41) is 3.93. The van der Waals surface area contributed by atoms with Gasteiger partial charge < -0.3 is 0 Å². The first-order valence-corrected chi connectivity index (χ1v) is 7.94. The second kappa shape index (κ2) is 4.39. The Hall–Kier alpha value is -2.71. The van der Waals surface area contributed by atoms with E-state index >= 15 is 0 Å². The van der Waals surface area contributed by atoms with Crippen molar-refractivity contribution < 1.29 is 14.6 Å². The van der Waals surface area contributed by atoms with Crippen LogP contribution in [-0.4, -0.2) is 20.0 Å². The topological polar surface area (TPSA) is 99.7 Å². The molecule has 0 aliphatic carbocycles. The average Bonchev–Trinajstić information content (AvgIpc) is 3.07. The largest absolute Gasteiger partial charge is 0.289 e. The van der Waals surface area contributed by atoms with Crippen molar-refractivity contribution in [2.45, 2.75) is 9.79 Å². The van der Waals surface area contributed by atoms with Crippen LogP contribution in [0.5, 0.6) is 0 Å². The molecule has 0 amide bonds. The van der Waals surface area contributed by atoms with Crippen LogP contribution in [0.15, 0.2) is 57.4 Å². The molecule has 7 nitrogen and oxygen atoms in total. The van der Waals surface area contributed by atoms with Gasteiger partial charge in [-0.15, -0.1) is 10.6 Å². The molecule has 2 heterocycles. The molecule has 2 aromatic rings. The van der Waals surface area contributed by atoms with Gasteiger partial charge in [-0.3, -0.25) is 10.2 Å². The summed E-state index contributed by atoms with van der Waals surface area (Å²) < 4.78 is 25.5. The monoisotopic (exact) mass is 316 g/mol. The summed E-state index contributed by atoms with van der Waals surface area (Å²) >= 11 is 0. The zero-order chi connectivity index (χ0) is 15.3. The minimum atomic E-state index is -3.73. The maximum absolute atomic E-state index is 12.8. The van der Waals surface area contributed by atoms with Crippen LogP contribution in [0.2, 0.25) is 0 Å². The molecule has 22 heavy (non-hydrogen) atoms. The highest BCUT2D eigenvalue weighted by molar-refractivity contribution is 7.91. The van der Waals surface area contributed by atoms with Gasteiger partial charge in [0.15, 0.2) is 11.6 Å². The first-order chi connectivity index (χ1) is 10.6. The number of carbonyl (C=O) groups excluding carboxylic acids is 1. The number of nitrogens with zero attached hydrogens (tertiary/aromatic N) is 1. The number of rotatable bonds is 1. The molecule has 2 aliphatic heterocycles. The van der Waals surface area contributed by atoms with Gasteiger partial charge in [0.05, 0.1) is 9.79 Å². The Morgan fingerprint density at radius 1 is 1.00 bits per heavy atom. The summed E-state index contributed by atoms with van der Waals surface area (Å²) in [6, 6.07) is 10.9. The van der Waals surface area contributed by atoms with E-state index in [1.165, 1.54) is 24.3 Å². The van der Waals surface area contributed by atoms with Gasteiger partial charge in [-0.05, 0) is 24.3 Å². The predicted octanol–water partition coefficient (Wildman–Crippen LogP) is 0.584. The first kappa shape index (κ1) is 13.0. The van der Waals surface area contributed by atoms with Crippen molar-refractivity contribution in [2.75, 3.05) is 0 Å². The SMILES string of the molecule is O=C1c2ccccc2S(=O)(=O)c2cc(C3=NNNN3)ccc21.[HH]. The average molecular weight is 316 g/mol. The van der Waals surface area contributed by atoms with Crippen LogP contribution >= 0.6 is 0 Å². The molecule has 2 aliphatic rings. The number of nitrogens with one attached hydrogen (secondary N) is 3. The Morgan fingerprint density at radius 2 is 1.77 bits per heavy atom. The van der Waals surface area contributed by atoms with Crippen molar-refractivity contribution >= 4 is 21.5 Å². The van der Waals surface area contributed by atoms with Crippen molar-refractivity contribution in [2.24, 2.45) is 5.10 Å². The maximum Gasteiger partial charge on any atom is 0.208 e. The summed E-state index contributed by atoms with van der Waals surface area (Å²) in [6.07, 6.45) is 0. The Morgan fingerprint density at radius 3 is 2.55 bits per heavy atom. The number of ketones is 1. The number of amidine groups is 1. The van der Waals surface area contributed by atoms with E-state index in [9.17, 15) is 13.2 Å². The standard InChI is InChI=1S/C14H10N4O3S.H2/c19-13-9-3-1-2-4-11(9)22(20,21)12-7-8(5-6-10(12)13)14-15-17-18-16-14;/h1-7,17-18H,(H,15,16);1H. The van der Waals surface area contributed by atoms with Gasteiger partial charge in [0.2, 0.25) is 9.84 Å². The number of hydrogen-bond acceptors (Lipinski definition) is 7. The first-order valence-electron chi connectivity index (χ1n) is 6.46. The van der Waals surface area contributed by atoms with E-state index in [1.54, 1.807) is 18.2 Å². The highest BCUT2D eigenvalue weighted by Gasteiger charge is 2.34. The normalized spacial score (nSPS) is 17.8. The lowest BCUT2D eigenvalue weighted by molar-refractivity contribution is 0.103. The second-order valence-corrected chi connectivity index (χ2v) is 6.75. The van der Waals surface area contributed by atoms with Gasteiger partial charge in [0.25, 0.3) is 0 Å². The molecule has 0 fully saturated rings. The predicted molar refractivity (Wildman–Crippen MR) is 79.8 cm³/mol. The third-order valence-electron chi connectivity index (χ3n) is 3.61. The van der Waals surface area contributed by atoms with Crippen molar-refractivity contribution in [3.63, 3.8) is 0 Å². The molecular weight excluding hydrogens is 304 g/mol. The highest BCUT2D eigenvalue weighted by Crippen LogP contribution is 2.34. The molecule has 2 aromatic carbocycles. The quantitative estimate of drug-likeness (QED) is 0.607. The van der Waals surface area contributed by atoms with E-state index in [-0.39, 0.29) is 28.1 Å². The number of hydrogen-bond donors (Lipinski definition) is 3. The van der Waals surface area contributed by atoms with Gasteiger partial charge in [-0.25, -0.2) is 14.0 Å². The summed E-state index contributed by atoms with van der Waals surface area (Å²) in [6.45, 7) is 0. The molecule has 0 bridgehead atoms. The van der Waals surface area contributed by atoms with Gasteiger partial charge in [-0.1, -0.05) is 18.2 Å². The fourth-order valence-electron chi connectivity index (χ4n) is 2.57. The molecule has 0 radical (unpaired) electrons. The van der Waals surface area contributed by atoms with E-state index < -0.39 is 9.84 Å². The molecule has 8 heteroatoms. The molecule has 4 rings (SSSR count). The maximum atomic E-state index is 12.8. The van der Waals surface area contributed by atoms with E-state index in [1.807, 2.05) is 0 Å². The van der Waals surface area contributed by atoms with Gasteiger partial charge in [-0.2, -0.15) is 0 Å². The number of fused-ring (bicyclic) bond motifs is 2. The van der Waals surface area contributed by atoms with Gasteiger partial charge >= 0.3 is 0 Å². The molecule has 0 unspecified atom stereocenters. The molecule has 0 aromatic heterocycles. The Kier molecular flexibility index (Phi) is 2.59. The third-order valence-corrected chi connectivity index (χ3v) is 5.47. The van der Waals surface area contributed by atoms with E-state index in [0.29, 0.717) is 11.4 Å². The zero-order valence-electron chi connectivity index (χ0n) is 11.1. The Balaban J connectivity index is 0.00000156. The van der Waals surface area contributed by atoms with Crippen molar-refractivity contribution in [1.29, 1.82) is 0 Å². The Labute approximate surface area is 127 Å². The number of hydrazine groups is 2. The van der Waals surface area contributed by atoms with Crippen molar-refractivity contribution in [3.05, 3.63) is 59.2 Å². The molecule has 0 spiro atoms. The molecule has 3 N–H and O–H groups in total. The van der Waals surface area contributed by atoms with E-state index in [4.69, 9.17) is 0 Å². The number of benzene rings is 2. The fourth-order valence-corrected chi connectivity index (χ4v) is 4.24. The summed E-state index contributed by atoms with van der Waals surface area (Å²) in [4.78, 5) is 12.5. The van der Waals surface area contributed by atoms with Gasteiger partial charge in [0, 0.05) is 18.1 Å². The van der Waals surface area contributed by atoms with Crippen LogP contribution < -0.4 is 16.5 Å². The second-order valence-electron chi connectivity index (χ2n) is 4.86. The van der Waals surface area contributed by atoms with Crippen LogP contribution in [-0.2, 0) is 9.84 Å². The molecule has 0 saturated carbocycles. The summed E-state index contributed by atoms with van der Waals surface area (Å²) in [5.74, 6) is 0.161.